The van der Waals surface area contributed by atoms with Crippen LogP contribution >= 0.6 is 0 Å². The van der Waals surface area contributed by atoms with E-state index in [1.54, 1.807) is 21.8 Å². The normalized spacial score (nSPS) is 13.3. The van der Waals surface area contributed by atoms with E-state index in [9.17, 15) is 9.59 Å². The zero-order valence-corrected chi connectivity index (χ0v) is 17.8. The predicted octanol–water partition coefficient (Wildman–Crippen LogP) is 3.88. The molecule has 1 aliphatic rings. The summed E-state index contributed by atoms with van der Waals surface area (Å²) in [7, 11) is 0. The molecule has 1 aromatic carbocycles. The van der Waals surface area contributed by atoms with Crippen LogP contribution in [0.1, 0.15) is 61.3 Å². The molecule has 3 aromatic rings. The summed E-state index contributed by atoms with van der Waals surface area (Å²) < 4.78 is 7.23. The maximum atomic E-state index is 12.9. The molecule has 4 rings (SSSR count). The van der Waals surface area contributed by atoms with Crippen molar-refractivity contribution in [2.75, 3.05) is 18.1 Å². The summed E-state index contributed by atoms with van der Waals surface area (Å²) in [4.78, 5) is 32.0. The Bertz CT molecular complexity index is 1120. The molecule has 1 aliphatic heterocycles. The van der Waals surface area contributed by atoms with Crippen LogP contribution in [0.3, 0.4) is 0 Å². The molecule has 0 aliphatic carbocycles. The lowest BCUT2D eigenvalue weighted by molar-refractivity contribution is -0.121. The molecule has 0 saturated carbocycles. The van der Waals surface area contributed by atoms with Crippen molar-refractivity contribution >= 4 is 28.6 Å². The molecule has 7 heteroatoms. The van der Waals surface area contributed by atoms with Crippen molar-refractivity contribution in [1.82, 2.24) is 14.8 Å². The maximum absolute atomic E-state index is 12.9. The number of rotatable bonds is 5. The number of ether oxygens (including phenoxy) is 1. The van der Waals surface area contributed by atoms with Crippen molar-refractivity contribution in [1.29, 1.82) is 0 Å². The van der Waals surface area contributed by atoms with Gasteiger partial charge in [0.05, 0.1) is 17.1 Å². The molecular formula is C23H26N4O3. The first-order valence-corrected chi connectivity index (χ1v) is 10.3. The Labute approximate surface area is 175 Å². The highest BCUT2D eigenvalue weighted by molar-refractivity contribution is 6.04. The second kappa shape index (κ2) is 7.89. The summed E-state index contributed by atoms with van der Waals surface area (Å²) in [6, 6.07) is 9.66. The molecule has 1 amide bonds. The number of para-hydroxylation sites is 1. The zero-order valence-electron chi connectivity index (χ0n) is 17.8. The number of hydrogen-bond acceptors (Lipinski definition) is 5. The second-order valence-corrected chi connectivity index (χ2v) is 8.17. The van der Waals surface area contributed by atoms with Crippen LogP contribution in [0, 0.1) is 0 Å². The van der Waals surface area contributed by atoms with E-state index in [4.69, 9.17) is 9.72 Å². The van der Waals surface area contributed by atoms with Gasteiger partial charge in [-0.05, 0) is 43.9 Å². The van der Waals surface area contributed by atoms with E-state index < -0.39 is 5.97 Å². The number of carbonyl (C=O) groups is 2. The van der Waals surface area contributed by atoms with Crippen molar-refractivity contribution < 1.29 is 14.3 Å². The minimum Gasteiger partial charge on any atom is -0.452 e. The summed E-state index contributed by atoms with van der Waals surface area (Å²) in [5, 5.41) is 5.03. The number of esters is 1. The molecule has 3 heterocycles. The van der Waals surface area contributed by atoms with Gasteiger partial charge in [-0.2, -0.15) is 5.10 Å². The molecule has 156 valence electrons. The second-order valence-electron chi connectivity index (χ2n) is 8.17. The third-order valence-electron chi connectivity index (χ3n) is 5.40. The third-order valence-corrected chi connectivity index (χ3v) is 5.40. The number of hydrogen-bond donors (Lipinski definition) is 0. The van der Waals surface area contributed by atoms with Gasteiger partial charge in [0.1, 0.15) is 0 Å². The smallest absolute Gasteiger partial charge is 0.339 e. The number of carbonyl (C=O) groups excluding carboxylic acids is 2. The molecule has 7 nitrogen and oxygen atoms in total. The highest BCUT2D eigenvalue weighted by Crippen LogP contribution is 2.28. The van der Waals surface area contributed by atoms with E-state index in [0.29, 0.717) is 23.1 Å². The largest absolute Gasteiger partial charge is 0.452 e. The molecule has 30 heavy (non-hydrogen) atoms. The van der Waals surface area contributed by atoms with Gasteiger partial charge < -0.3 is 9.64 Å². The number of aromatic nitrogens is 3. The van der Waals surface area contributed by atoms with E-state index in [0.717, 1.165) is 23.4 Å². The van der Waals surface area contributed by atoms with Gasteiger partial charge >= 0.3 is 5.97 Å². The lowest BCUT2D eigenvalue weighted by atomic mass is 10.1. The number of nitrogens with zero attached hydrogens (tertiary/aromatic N) is 4. The van der Waals surface area contributed by atoms with Crippen LogP contribution < -0.4 is 4.90 Å². The number of amides is 1. The first-order chi connectivity index (χ1) is 14.4. The molecule has 0 unspecified atom stereocenters. The zero-order chi connectivity index (χ0) is 21.4. The Kier molecular flexibility index (Phi) is 5.28. The molecule has 0 N–H and O–H groups in total. The topological polar surface area (TPSA) is 77.3 Å². The average molecular weight is 406 g/mol. The third kappa shape index (κ3) is 3.56. The van der Waals surface area contributed by atoms with Crippen molar-refractivity contribution in [3.63, 3.8) is 0 Å². The average Bonchev–Trinajstić information content (AvgIpc) is 3.35. The molecular weight excluding hydrogens is 380 g/mol. The quantitative estimate of drug-likeness (QED) is 0.601. The van der Waals surface area contributed by atoms with E-state index in [2.05, 4.69) is 5.10 Å². The van der Waals surface area contributed by atoms with Crippen LogP contribution in [0.15, 0.2) is 36.5 Å². The first kappa shape index (κ1) is 20.1. The van der Waals surface area contributed by atoms with Gasteiger partial charge in [-0.3, -0.25) is 4.79 Å². The van der Waals surface area contributed by atoms with Crippen LogP contribution in [0.5, 0.6) is 0 Å². The van der Waals surface area contributed by atoms with Crippen LogP contribution in [0.2, 0.25) is 0 Å². The Balaban J connectivity index is 1.57. The van der Waals surface area contributed by atoms with Gasteiger partial charge in [-0.25, -0.2) is 14.5 Å². The van der Waals surface area contributed by atoms with Gasteiger partial charge in [-0.15, -0.1) is 0 Å². The molecule has 0 radical (unpaired) electrons. The van der Waals surface area contributed by atoms with Crippen LogP contribution in [0.25, 0.3) is 11.0 Å². The molecule has 0 bridgehead atoms. The van der Waals surface area contributed by atoms with Crippen molar-refractivity contribution in [3.8, 4) is 0 Å². The molecule has 0 atom stereocenters. The van der Waals surface area contributed by atoms with E-state index >= 15 is 0 Å². The van der Waals surface area contributed by atoms with E-state index in [1.807, 2.05) is 52.0 Å². The Morgan fingerprint density at radius 2 is 1.93 bits per heavy atom. The van der Waals surface area contributed by atoms with Crippen LogP contribution in [-0.4, -0.2) is 39.8 Å². The predicted molar refractivity (Wildman–Crippen MR) is 115 cm³/mol. The molecule has 0 saturated heterocycles. The van der Waals surface area contributed by atoms with Crippen molar-refractivity contribution in [3.05, 3.63) is 53.3 Å². The molecule has 0 spiro atoms. The van der Waals surface area contributed by atoms with E-state index in [-0.39, 0.29) is 24.5 Å². The van der Waals surface area contributed by atoms with Crippen molar-refractivity contribution in [2.24, 2.45) is 0 Å². The Hall–Kier alpha value is -3.22. The van der Waals surface area contributed by atoms with Gasteiger partial charge in [-0.1, -0.05) is 32.0 Å². The monoisotopic (exact) mass is 406 g/mol. The highest BCUT2D eigenvalue weighted by Gasteiger charge is 2.26. The van der Waals surface area contributed by atoms with Gasteiger partial charge in [0.25, 0.3) is 5.91 Å². The number of anilines is 1. The Morgan fingerprint density at radius 1 is 1.17 bits per heavy atom. The number of pyridine rings is 1. The first-order valence-electron chi connectivity index (χ1n) is 10.3. The summed E-state index contributed by atoms with van der Waals surface area (Å²) in [6.07, 6.45) is 2.45. The van der Waals surface area contributed by atoms with Gasteiger partial charge in [0.15, 0.2) is 12.3 Å². The van der Waals surface area contributed by atoms with Crippen LogP contribution in [-0.2, 0) is 16.0 Å². The lowest BCUT2D eigenvalue weighted by Gasteiger charge is -2.17. The van der Waals surface area contributed by atoms with Crippen molar-refractivity contribution in [2.45, 2.75) is 46.1 Å². The summed E-state index contributed by atoms with van der Waals surface area (Å²) in [5.41, 5.74) is 3.87. The molecule has 0 fully saturated rings. The summed E-state index contributed by atoms with van der Waals surface area (Å²) >= 11 is 0. The molecule has 2 aromatic heterocycles. The van der Waals surface area contributed by atoms with Crippen LogP contribution in [0.4, 0.5) is 5.69 Å². The van der Waals surface area contributed by atoms with E-state index in [1.165, 1.54) is 0 Å². The number of benzene rings is 1. The number of fused-ring (bicyclic) bond motifs is 2. The minimum atomic E-state index is -0.534. The fraction of sp³-hybridized carbons (Fsp3) is 0.391. The maximum Gasteiger partial charge on any atom is 0.339 e. The minimum absolute atomic E-state index is 0.109. The fourth-order valence-corrected chi connectivity index (χ4v) is 3.76. The highest BCUT2D eigenvalue weighted by atomic mass is 16.5. The SMILES string of the molecule is CC(C)c1cc(C(=O)OCC(=O)N2CCc3ccccc32)c2cnn(C(C)C)c2n1. The summed E-state index contributed by atoms with van der Waals surface area (Å²) in [6.45, 7) is 8.38. The fourth-order valence-electron chi connectivity index (χ4n) is 3.76. The Morgan fingerprint density at radius 3 is 2.67 bits per heavy atom. The lowest BCUT2D eigenvalue weighted by Crippen LogP contribution is -2.33. The van der Waals surface area contributed by atoms with Gasteiger partial charge in [0.2, 0.25) is 0 Å². The van der Waals surface area contributed by atoms with Gasteiger partial charge in [0, 0.05) is 24.0 Å². The standard InChI is InChI=1S/C23H26N4O3/c1-14(2)19-11-17(18-12-24-27(15(3)4)22(18)25-19)23(29)30-13-21(28)26-10-9-16-7-5-6-8-20(16)26/h5-8,11-12,14-15H,9-10,13H2,1-4H3. The summed E-state index contributed by atoms with van der Waals surface area (Å²) in [5.74, 6) is -0.617.